The summed E-state index contributed by atoms with van der Waals surface area (Å²) in [4.78, 5) is 11.0. The third kappa shape index (κ3) is 2.16. The van der Waals surface area contributed by atoms with E-state index in [1.165, 1.54) is 5.56 Å². The highest BCUT2D eigenvalue weighted by molar-refractivity contribution is 6.02. The van der Waals surface area contributed by atoms with E-state index < -0.39 is 6.09 Å². The van der Waals surface area contributed by atoms with Gasteiger partial charge in [0.25, 0.3) is 0 Å². The van der Waals surface area contributed by atoms with E-state index in [4.69, 9.17) is 5.11 Å². The third-order valence-corrected chi connectivity index (χ3v) is 3.22. The second-order valence-electron chi connectivity index (χ2n) is 4.25. The fraction of sp³-hybridized carbons (Fsp3) is 0.267. The summed E-state index contributed by atoms with van der Waals surface area (Å²) < 4.78 is 0. The molecular weight excluding hydrogens is 226 g/mol. The van der Waals surface area contributed by atoms with Gasteiger partial charge in [-0.25, -0.2) is 4.79 Å². The first-order chi connectivity index (χ1) is 8.67. The lowest BCUT2D eigenvalue weighted by molar-refractivity contribution is 0.210. The molecule has 2 N–H and O–H groups in total. The highest BCUT2D eigenvalue weighted by Crippen LogP contribution is 2.31. The van der Waals surface area contributed by atoms with Crippen molar-refractivity contribution in [1.29, 1.82) is 0 Å². The smallest absolute Gasteiger partial charge is 0.409 e. The molecule has 2 aromatic rings. The molecule has 0 saturated carbocycles. The van der Waals surface area contributed by atoms with Gasteiger partial charge in [-0.3, -0.25) is 5.32 Å². The van der Waals surface area contributed by atoms with Gasteiger partial charge in [0, 0.05) is 5.39 Å². The molecule has 0 aliphatic heterocycles. The van der Waals surface area contributed by atoms with Gasteiger partial charge in [-0.15, -0.1) is 0 Å². The zero-order valence-electron chi connectivity index (χ0n) is 10.7. The SMILES string of the molecule is CCc1cc2ccccc2c(NC(=O)O)c1CC. The minimum atomic E-state index is -1.01. The first-order valence-corrected chi connectivity index (χ1v) is 6.20. The number of hydrogen-bond acceptors (Lipinski definition) is 1. The van der Waals surface area contributed by atoms with Crippen LogP contribution in [-0.4, -0.2) is 11.2 Å². The molecule has 0 radical (unpaired) electrons. The van der Waals surface area contributed by atoms with Crippen LogP contribution in [0.25, 0.3) is 10.8 Å². The van der Waals surface area contributed by atoms with Gasteiger partial charge >= 0.3 is 6.09 Å². The Morgan fingerprint density at radius 2 is 1.94 bits per heavy atom. The number of benzene rings is 2. The monoisotopic (exact) mass is 243 g/mol. The van der Waals surface area contributed by atoms with E-state index in [2.05, 4.69) is 25.2 Å². The van der Waals surface area contributed by atoms with Crippen molar-refractivity contribution in [3.05, 3.63) is 41.5 Å². The summed E-state index contributed by atoms with van der Waals surface area (Å²) in [6, 6.07) is 10.0. The largest absolute Gasteiger partial charge is 0.465 e. The van der Waals surface area contributed by atoms with Crippen molar-refractivity contribution >= 4 is 22.6 Å². The van der Waals surface area contributed by atoms with Crippen molar-refractivity contribution in [2.24, 2.45) is 0 Å². The lowest BCUT2D eigenvalue weighted by Crippen LogP contribution is -2.11. The highest BCUT2D eigenvalue weighted by atomic mass is 16.4. The molecule has 0 atom stereocenters. The maximum atomic E-state index is 11.0. The van der Waals surface area contributed by atoms with Crippen LogP contribution in [0.3, 0.4) is 0 Å². The fourth-order valence-electron chi connectivity index (χ4n) is 2.42. The van der Waals surface area contributed by atoms with Crippen LogP contribution in [0.1, 0.15) is 25.0 Å². The maximum absolute atomic E-state index is 11.0. The molecule has 0 aliphatic carbocycles. The predicted molar refractivity (Wildman–Crippen MR) is 74.4 cm³/mol. The Bertz CT molecular complexity index is 590. The van der Waals surface area contributed by atoms with Gasteiger partial charge in [0.15, 0.2) is 0 Å². The number of carboxylic acid groups (broad SMARTS) is 1. The minimum absolute atomic E-state index is 0.736. The summed E-state index contributed by atoms with van der Waals surface area (Å²) in [6.07, 6.45) is 0.717. The average Bonchev–Trinajstić information content (AvgIpc) is 2.37. The number of aryl methyl sites for hydroxylation is 1. The quantitative estimate of drug-likeness (QED) is 0.854. The molecule has 2 aromatic carbocycles. The highest BCUT2D eigenvalue weighted by Gasteiger charge is 2.12. The fourth-order valence-corrected chi connectivity index (χ4v) is 2.42. The lowest BCUT2D eigenvalue weighted by Gasteiger charge is -2.15. The molecule has 0 spiro atoms. The Hall–Kier alpha value is -2.03. The van der Waals surface area contributed by atoms with Crippen LogP contribution in [-0.2, 0) is 12.8 Å². The van der Waals surface area contributed by atoms with Gasteiger partial charge in [0.05, 0.1) is 5.69 Å². The number of amides is 1. The van der Waals surface area contributed by atoms with Gasteiger partial charge < -0.3 is 5.11 Å². The van der Waals surface area contributed by atoms with Gasteiger partial charge in [-0.2, -0.15) is 0 Å². The van der Waals surface area contributed by atoms with Crippen molar-refractivity contribution in [2.75, 3.05) is 5.32 Å². The summed E-state index contributed by atoms with van der Waals surface area (Å²) in [7, 11) is 0. The van der Waals surface area contributed by atoms with Crippen LogP contribution in [0.2, 0.25) is 0 Å². The molecule has 0 aliphatic rings. The zero-order valence-corrected chi connectivity index (χ0v) is 10.7. The number of fused-ring (bicyclic) bond motifs is 1. The Balaban J connectivity index is 2.77. The summed E-state index contributed by atoms with van der Waals surface area (Å²) >= 11 is 0. The molecule has 0 saturated heterocycles. The summed E-state index contributed by atoms with van der Waals surface area (Å²) in [6.45, 7) is 4.14. The van der Waals surface area contributed by atoms with Crippen LogP contribution < -0.4 is 5.32 Å². The van der Waals surface area contributed by atoms with Crippen LogP contribution in [0.5, 0.6) is 0 Å². The number of anilines is 1. The maximum Gasteiger partial charge on any atom is 0.409 e. The van der Waals surface area contributed by atoms with E-state index >= 15 is 0 Å². The van der Waals surface area contributed by atoms with Crippen molar-refractivity contribution in [2.45, 2.75) is 26.7 Å². The van der Waals surface area contributed by atoms with Crippen LogP contribution in [0.15, 0.2) is 30.3 Å². The minimum Gasteiger partial charge on any atom is -0.465 e. The molecular formula is C15H17NO2. The number of hydrogen-bond donors (Lipinski definition) is 2. The Morgan fingerprint density at radius 3 is 2.56 bits per heavy atom. The van der Waals surface area contributed by atoms with Crippen molar-refractivity contribution in [1.82, 2.24) is 0 Å². The van der Waals surface area contributed by atoms with Crippen LogP contribution in [0, 0.1) is 0 Å². The number of carbonyl (C=O) groups is 1. The molecule has 0 fully saturated rings. The Labute approximate surface area is 106 Å². The van der Waals surface area contributed by atoms with Crippen LogP contribution in [0.4, 0.5) is 10.5 Å². The number of rotatable bonds is 3. The van der Waals surface area contributed by atoms with Gasteiger partial charge in [-0.05, 0) is 29.4 Å². The Morgan fingerprint density at radius 1 is 1.22 bits per heavy atom. The normalized spacial score (nSPS) is 10.6. The second kappa shape index (κ2) is 5.08. The molecule has 3 nitrogen and oxygen atoms in total. The lowest BCUT2D eigenvalue weighted by atomic mass is 9.95. The van der Waals surface area contributed by atoms with E-state index in [1.807, 2.05) is 24.3 Å². The van der Waals surface area contributed by atoms with Gasteiger partial charge in [0.1, 0.15) is 0 Å². The van der Waals surface area contributed by atoms with Crippen molar-refractivity contribution in [3.63, 3.8) is 0 Å². The van der Waals surface area contributed by atoms with E-state index in [-0.39, 0.29) is 0 Å². The number of nitrogens with one attached hydrogen (secondary N) is 1. The van der Waals surface area contributed by atoms with E-state index in [0.717, 1.165) is 34.9 Å². The molecule has 94 valence electrons. The molecule has 0 bridgehead atoms. The van der Waals surface area contributed by atoms with Gasteiger partial charge in [-0.1, -0.05) is 44.2 Å². The van der Waals surface area contributed by atoms with E-state index in [1.54, 1.807) is 0 Å². The second-order valence-corrected chi connectivity index (χ2v) is 4.25. The summed E-state index contributed by atoms with van der Waals surface area (Å²) in [5, 5.41) is 13.6. The van der Waals surface area contributed by atoms with Crippen molar-refractivity contribution in [3.8, 4) is 0 Å². The average molecular weight is 243 g/mol. The molecule has 1 amide bonds. The zero-order chi connectivity index (χ0) is 13.1. The van der Waals surface area contributed by atoms with Crippen molar-refractivity contribution < 1.29 is 9.90 Å². The first-order valence-electron chi connectivity index (χ1n) is 6.20. The van der Waals surface area contributed by atoms with Crippen LogP contribution >= 0.6 is 0 Å². The Kier molecular flexibility index (Phi) is 3.51. The molecule has 2 rings (SSSR count). The molecule has 0 heterocycles. The molecule has 3 heteroatoms. The first kappa shape index (κ1) is 12.4. The summed E-state index contributed by atoms with van der Waals surface area (Å²) in [5.74, 6) is 0. The molecule has 0 aromatic heterocycles. The summed E-state index contributed by atoms with van der Waals surface area (Å²) in [5.41, 5.74) is 3.04. The van der Waals surface area contributed by atoms with Gasteiger partial charge in [0.2, 0.25) is 0 Å². The topological polar surface area (TPSA) is 49.3 Å². The van der Waals surface area contributed by atoms with E-state index in [0.29, 0.717) is 0 Å². The molecule has 0 unspecified atom stereocenters. The standard InChI is InChI=1S/C15H17NO2/c1-3-10-9-11-7-5-6-8-13(11)14(12(10)4-2)16-15(17)18/h5-9,16H,3-4H2,1-2H3,(H,17,18). The van der Waals surface area contributed by atoms with E-state index in [9.17, 15) is 4.79 Å². The predicted octanol–water partition coefficient (Wildman–Crippen LogP) is 4.05. The third-order valence-electron chi connectivity index (χ3n) is 3.22. The molecule has 18 heavy (non-hydrogen) atoms.